The number of hydrogen-bond acceptors (Lipinski definition) is 4. The van der Waals surface area contributed by atoms with Gasteiger partial charge in [0.15, 0.2) is 5.96 Å². The molecule has 0 aliphatic carbocycles. The van der Waals surface area contributed by atoms with E-state index in [2.05, 4.69) is 20.4 Å². The summed E-state index contributed by atoms with van der Waals surface area (Å²) in [6.45, 7) is 3.73. The molecule has 0 bridgehead atoms. The van der Waals surface area contributed by atoms with Gasteiger partial charge in [0.05, 0.1) is 12.1 Å². The predicted molar refractivity (Wildman–Crippen MR) is 90.9 cm³/mol. The standard InChI is InChI=1S/C17H24F3N3O3/c1-2-21-15(23-12-16(24)7-9-25-10-8-16)22-11-13-5-3-4-6-14(13)26-17(18,19)20/h3-6,24H,2,7-12H2,1H3,(H2,21,22,23). The van der Waals surface area contributed by atoms with E-state index in [-0.39, 0.29) is 18.8 Å². The number of para-hydroxylation sites is 1. The molecule has 1 heterocycles. The van der Waals surface area contributed by atoms with E-state index in [4.69, 9.17) is 4.74 Å². The molecule has 26 heavy (non-hydrogen) atoms. The Bertz CT molecular complexity index is 602. The van der Waals surface area contributed by atoms with Gasteiger partial charge in [0.25, 0.3) is 0 Å². The van der Waals surface area contributed by atoms with Gasteiger partial charge in [-0.2, -0.15) is 0 Å². The number of hydrogen-bond donors (Lipinski definition) is 3. The van der Waals surface area contributed by atoms with Crippen LogP contribution in [0.1, 0.15) is 25.3 Å². The lowest BCUT2D eigenvalue weighted by atomic mass is 9.94. The molecular formula is C17H24F3N3O3. The van der Waals surface area contributed by atoms with Crippen LogP contribution >= 0.6 is 0 Å². The minimum atomic E-state index is -4.76. The largest absolute Gasteiger partial charge is 0.573 e. The van der Waals surface area contributed by atoms with Gasteiger partial charge in [-0.15, -0.1) is 13.2 Å². The van der Waals surface area contributed by atoms with Crippen molar-refractivity contribution in [3.8, 4) is 5.75 Å². The lowest BCUT2D eigenvalue weighted by Gasteiger charge is -2.32. The van der Waals surface area contributed by atoms with E-state index in [0.29, 0.717) is 44.1 Å². The summed E-state index contributed by atoms with van der Waals surface area (Å²) < 4.78 is 46.7. The second-order valence-corrected chi connectivity index (χ2v) is 6.04. The number of nitrogens with one attached hydrogen (secondary N) is 2. The number of rotatable bonds is 6. The molecule has 1 fully saturated rings. The lowest BCUT2D eigenvalue weighted by Crippen LogP contribution is -2.49. The molecule has 9 heteroatoms. The number of benzene rings is 1. The Morgan fingerprint density at radius 3 is 2.62 bits per heavy atom. The highest BCUT2D eigenvalue weighted by Crippen LogP contribution is 2.26. The van der Waals surface area contributed by atoms with Gasteiger partial charge in [0.2, 0.25) is 0 Å². The van der Waals surface area contributed by atoms with Gasteiger partial charge >= 0.3 is 6.36 Å². The van der Waals surface area contributed by atoms with Gasteiger partial charge < -0.3 is 25.2 Å². The molecule has 1 aromatic rings. The monoisotopic (exact) mass is 375 g/mol. The van der Waals surface area contributed by atoms with E-state index in [1.54, 1.807) is 6.07 Å². The molecule has 2 rings (SSSR count). The summed E-state index contributed by atoms with van der Waals surface area (Å²) in [6, 6.07) is 5.88. The first-order valence-corrected chi connectivity index (χ1v) is 8.47. The first-order chi connectivity index (χ1) is 12.3. The number of aliphatic hydroxyl groups is 1. The van der Waals surface area contributed by atoms with Crippen LogP contribution in [0.15, 0.2) is 29.3 Å². The number of aliphatic imine (C=N–C) groups is 1. The Balaban J connectivity index is 2.02. The zero-order chi connectivity index (χ0) is 19.0. The van der Waals surface area contributed by atoms with Crippen molar-refractivity contribution in [3.63, 3.8) is 0 Å². The van der Waals surface area contributed by atoms with E-state index in [1.807, 2.05) is 6.92 Å². The van der Waals surface area contributed by atoms with Crippen molar-refractivity contribution in [2.45, 2.75) is 38.3 Å². The normalized spacial score (nSPS) is 17.7. The van der Waals surface area contributed by atoms with Gasteiger partial charge in [-0.1, -0.05) is 18.2 Å². The van der Waals surface area contributed by atoms with Crippen molar-refractivity contribution in [2.24, 2.45) is 4.99 Å². The Morgan fingerprint density at radius 1 is 1.27 bits per heavy atom. The van der Waals surface area contributed by atoms with E-state index < -0.39 is 12.0 Å². The summed E-state index contributed by atoms with van der Waals surface area (Å²) in [5, 5.41) is 16.5. The van der Waals surface area contributed by atoms with Gasteiger partial charge in [-0.3, -0.25) is 0 Å². The average Bonchev–Trinajstić information content (AvgIpc) is 2.58. The van der Waals surface area contributed by atoms with Gasteiger partial charge in [0, 0.05) is 44.7 Å². The summed E-state index contributed by atoms with van der Waals surface area (Å²) in [7, 11) is 0. The van der Waals surface area contributed by atoms with Crippen LogP contribution in [-0.2, 0) is 11.3 Å². The third kappa shape index (κ3) is 6.72. The molecule has 1 aromatic carbocycles. The second kappa shape index (κ2) is 9.09. The summed E-state index contributed by atoms with van der Waals surface area (Å²) in [5.41, 5.74) is -0.571. The molecule has 0 aromatic heterocycles. The fourth-order valence-corrected chi connectivity index (χ4v) is 2.54. The highest BCUT2D eigenvalue weighted by molar-refractivity contribution is 5.79. The molecule has 1 saturated heterocycles. The van der Waals surface area contributed by atoms with Crippen molar-refractivity contribution in [1.82, 2.24) is 10.6 Å². The van der Waals surface area contributed by atoms with Crippen molar-refractivity contribution >= 4 is 5.96 Å². The average molecular weight is 375 g/mol. The maximum Gasteiger partial charge on any atom is 0.573 e. The Hall–Kier alpha value is -2.00. The molecule has 146 valence electrons. The first kappa shape index (κ1) is 20.3. The van der Waals surface area contributed by atoms with Gasteiger partial charge in [-0.25, -0.2) is 4.99 Å². The van der Waals surface area contributed by atoms with Crippen LogP contribution < -0.4 is 15.4 Å². The number of guanidine groups is 1. The number of ether oxygens (including phenoxy) is 2. The van der Waals surface area contributed by atoms with Crippen molar-refractivity contribution in [2.75, 3.05) is 26.3 Å². The summed E-state index contributed by atoms with van der Waals surface area (Å²) >= 11 is 0. The molecule has 1 aliphatic rings. The highest BCUT2D eigenvalue weighted by Gasteiger charge is 2.32. The molecular weight excluding hydrogens is 351 g/mol. The molecule has 0 spiro atoms. The zero-order valence-corrected chi connectivity index (χ0v) is 14.6. The van der Waals surface area contributed by atoms with Crippen LogP contribution in [0.5, 0.6) is 5.75 Å². The fourth-order valence-electron chi connectivity index (χ4n) is 2.54. The molecule has 0 radical (unpaired) electrons. The van der Waals surface area contributed by atoms with Crippen LogP contribution in [0.4, 0.5) is 13.2 Å². The number of nitrogens with zero attached hydrogens (tertiary/aromatic N) is 1. The minimum absolute atomic E-state index is 0.00310. The van der Waals surface area contributed by atoms with E-state index in [9.17, 15) is 18.3 Å². The lowest BCUT2D eigenvalue weighted by molar-refractivity contribution is -0.274. The first-order valence-electron chi connectivity index (χ1n) is 8.47. The maximum absolute atomic E-state index is 12.5. The number of halogens is 3. The molecule has 3 N–H and O–H groups in total. The van der Waals surface area contributed by atoms with E-state index >= 15 is 0 Å². The van der Waals surface area contributed by atoms with Crippen LogP contribution in [0, 0.1) is 0 Å². The van der Waals surface area contributed by atoms with Crippen molar-refractivity contribution < 1.29 is 27.8 Å². The number of alkyl halides is 3. The van der Waals surface area contributed by atoms with E-state index in [0.717, 1.165) is 0 Å². The van der Waals surface area contributed by atoms with Crippen LogP contribution in [0.3, 0.4) is 0 Å². The predicted octanol–water partition coefficient (Wildman–Crippen LogP) is 2.18. The third-order valence-corrected chi connectivity index (χ3v) is 3.96. The molecule has 6 nitrogen and oxygen atoms in total. The van der Waals surface area contributed by atoms with Crippen LogP contribution in [0.2, 0.25) is 0 Å². The molecule has 0 saturated carbocycles. The van der Waals surface area contributed by atoms with Gasteiger partial charge in [-0.05, 0) is 13.0 Å². The summed E-state index contributed by atoms with van der Waals surface area (Å²) in [6.07, 6.45) is -3.72. The van der Waals surface area contributed by atoms with Crippen molar-refractivity contribution in [1.29, 1.82) is 0 Å². The molecule has 0 unspecified atom stereocenters. The van der Waals surface area contributed by atoms with Crippen LogP contribution in [0.25, 0.3) is 0 Å². The molecule has 0 amide bonds. The Labute approximate surface area is 150 Å². The quantitative estimate of drug-likeness (QED) is 0.525. The van der Waals surface area contributed by atoms with Crippen LogP contribution in [-0.4, -0.2) is 49.3 Å². The third-order valence-electron chi connectivity index (χ3n) is 3.96. The Morgan fingerprint density at radius 2 is 1.96 bits per heavy atom. The minimum Gasteiger partial charge on any atom is -0.405 e. The topological polar surface area (TPSA) is 75.1 Å². The Kier molecular flexibility index (Phi) is 7.10. The zero-order valence-electron chi connectivity index (χ0n) is 14.6. The molecule has 0 atom stereocenters. The van der Waals surface area contributed by atoms with E-state index in [1.165, 1.54) is 18.2 Å². The smallest absolute Gasteiger partial charge is 0.405 e. The second-order valence-electron chi connectivity index (χ2n) is 6.04. The molecule has 1 aliphatic heterocycles. The summed E-state index contributed by atoms with van der Waals surface area (Å²) in [4.78, 5) is 4.29. The van der Waals surface area contributed by atoms with Crippen molar-refractivity contribution in [3.05, 3.63) is 29.8 Å². The SMILES string of the molecule is CCNC(=NCc1ccccc1OC(F)(F)F)NCC1(O)CCOCC1. The highest BCUT2D eigenvalue weighted by atomic mass is 19.4. The maximum atomic E-state index is 12.5. The van der Waals surface area contributed by atoms with Gasteiger partial charge in [0.1, 0.15) is 5.75 Å². The summed E-state index contributed by atoms with van der Waals surface area (Å²) in [5.74, 6) is 0.136. The fraction of sp³-hybridized carbons (Fsp3) is 0.588.